The Bertz CT molecular complexity index is 706. The van der Waals surface area contributed by atoms with Crippen LogP contribution >= 0.6 is 11.3 Å². The van der Waals surface area contributed by atoms with Gasteiger partial charge in [-0.15, -0.1) is 11.3 Å². The van der Waals surface area contributed by atoms with E-state index < -0.39 is 39.1 Å². The van der Waals surface area contributed by atoms with Crippen LogP contribution in [0.1, 0.15) is 23.5 Å². The SMILES string of the molecule is Cc1csc(C(O)(CC(=O)NCCCN(C)S(C)(=O)=O)C(F)(F)F)n1. The van der Waals surface area contributed by atoms with Gasteiger partial charge in [-0.2, -0.15) is 13.2 Å². The molecule has 1 heterocycles. The van der Waals surface area contributed by atoms with Crippen molar-refractivity contribution in [1.82, 2.24) is 14.6 Å². The van der Waals surface area contributed by atoms with Crippen LogP contribution in [0.5, 0.6) is 0 Å². The Kier molecular flexibility index (Phi) is 6.95. The zero-order chi connectivity index (χ0) is 19.5. The average Bonchev–Trinajstić information content (AvgIpc) is 2.88. The Balaban J connectivity index is 2.66. The summed E-state index contributed by atoms with van der Waals surface area (Å²) < 4.78 is 63.2. The number of sulfonamides is 1. The average molecular weight is 403 g/mol. The number of amides is 1. The topological polar surface area (TPSA) is 99.6 Å². The lowest BCUT2D eigenvalue weighted by Crippen LogP contribution is -2.46. The number of rotatable bonds is 8. The maximum absolute atomic E-state index is 13.2. The molecule has 1 atom stereocenters. The van der Waals surface area contributed by atoms with Crippen molar-refractivity contribution in [2.45, 2.75) is 31.5 Å². The van der Waals surface area contributed by atoms with Crippen LogP contribution in [0.3, 0.4) is 0 Å². The molecule has 0 bridgehead atoms. The second-order valence-electron chi connectivity index (χ2n) is 5.62. The Labute approximate surface area is 147 Å². The van der Waals surface area contributed by atoms with E-state index in [1.54, 1.807) is 0 Å². The second-order valence-corrected chi connectivity index (χ2v) is 8.56. The number of hydrogen-bond acceptors (Lipinski definition) is 6. The summed E-state index contributed by atoms with van der Waals surface area (Å²) in [5.74, 6) is -1.00. The Morgan fingerprint density at radius 1 is 1.44 bits per heavy atom. The standard InChI is InChI=1S/C13H20F3N3O4S2/c1-9-8-24-11(18-9)12(21,13(14,15)16)7-10(20)17-5-4-6-19(2)25(3,22)23/h8,21H,4-7H2,1-3H3,(H,17,20). The van der Waals surface area contributed by atoms with E-state index in [1.807, 2.05) is 0 Å². The van der Waals surface area contributed by atoms with Gasteiger partial charge in [-0.3, -0.25) is 4.79 Å². The molecule has 25 heavy (non-hydrogen) atoms. The summed E-state index contributed by atoms with van der Waals surface area (Å²) in [5, 5.41) is 13.0. The van der Waals surface area contributed by atoms with Crippen molar-refractivity contribution >= 4 is 27.3 Å². The third-order valence-electron chi connectivity index (χ3n) is 3.40. The van der Waals surface area contributed by atoms with E-state index in [1.165, 1.54) is 19.4 Å². The van der Waals surface area contributed by atoms with E-state index >= 15 is 0 Å². The summed E-state index contributed by atoms with van der Waals surface area (Å²) in [7, 11) is -2.01. The van der Waals surface area contributed by atoms with Crippen LogP contribution in [0.15, 0.2) is 5.38 Å². The van der Waals surface area contributed by atoms with Crippen molar-refractivity contribution in [2.75, 3.05) is 26.4 Å². The molecule has 0 aliphatic heterocycles. The van der Waals surface area contributed by atoms with Crippen LogP contribution < -0.4 is 5.32 Å². The van der Waals surface area contributed by atoms with E-state index in [9.17, 15) is 31.5 Å². The van der Waals surface area contributed by atoms with E-state index in [4.69, 9.17) is 0 Å². The Morgan fingerprint density at radius 3 is 2.48 bits per heavy atom. The molecule has 1 unspecified atom stereocenters. The van der Waals surface area contributed by atoms with E-state index in [0.717, 1.165) is 10.6 Å². The first-order chi connectivity index (χ1) is 11.3. The van der Waals surface area contributed by atoms with Gasteiger partial charge in [-0.1, -0.05) is 0 Å². The van der Waals surface area contributed by atoms with Gasteiger partial charge in [-0.05, 0) is 13.3 Å². The van der Waals surface area contributed by atoms with Crippen molar-refractivity contribution in [2.24, 2.45) is 0 Å². The van der Waals surface area contributed by atoms with Gasteiger partial charge in [0.1, 0.15) is 5.01 Å². The predicted octanol–water partition coefficient (Wildman–Crippen LogP) is 0.989. The summed E-state index contributed by atoms with van der Waals surface area (Å²) in [5.41, 5.74) is -3.05. The number of aliphatic hydroxyl groups is 1. The number of carbonyl (C=O) groups excluding carboxylic acids is 1. The molecule has 2 N–H and O–H groups in total. The van der Waals surface area contributed by atoms with Crippen LogP contribution in [0, 0.1) is 6.92 Å². The highest BCUT2D eigenvalue weighted by Gasteiger charge is 2.58. The fraction of sp³-hybridized carbons (Fsp3) is 0.692. The number of nitrogens with zero attached hydrogens (tertiary/aromatic N) is 2. The molecule has 0 saturated heterocycles. The van der Waals surface area contributed by atoms with E-state index in [2.05, 4.69) is 10.3 Å². The molecular formula is C13H20F3N3O4S2. The van der Waals surface area contributed by atoms with Gasteiger partial charge in [0.05, 0.1) is 12.7 Å². The first-order valence-electron chi connectivity index (χ1n) is 7.17. The molecule has 1 amide bonds. The third-order valence-corrected chi connectivity index (χ3v) is 5.82. The molecule has 1 rings (SSSR count). The molecule has 0 fully saturated rings. The number of alkyl halides is 3. The monoisotopic (exact) mass is 403 g/mol. The van der Waals surface area contributed by atoms with Gasteiger partial charge < -0.3 is 10.4 Å². The lowest BCUT2D eigenvalue weighted by atomic mass is 9.99. The van der Waals surface area contributed by atoms with E-state index in [-0.39, 0.29) is 19.5 Å². The number of halogens is 3. The summed E-state index contributed by atoms with van der Waals surface area (Å²) >= 11 is 0.626. The van der Waals surface area contributed by atoms with Crippen LogP contribution in [-0.2, 0) is 20.4 Å². The largest absolute Gasteiger partial charge is 0.424 e. The fourth-order valence-corrected chi connectivity index (χ4v) is 3.21. The number of aromatic nitrogens is 1. The number of aryl methyl sites for hydroxylation is 1. The van der Waals surface area contributed by atoms with Gasteiger partial charge in [0.25, 0.3) is 0 Å². The quantitative estimate of drug-likeness (QED) is 0.631. The highest BCUT2D eigenvalue weighted by Crippen LogP contribution is 2.42. The minimum atomic E-state index is -5.06. The molecule has 0 aromatic carbocycles. The number of hydrogen-bond donors (Lipinski definition) is 2. The van der Waals surface area contributed by atoms with Gasteiger partial charge in [-0.25, -0.2) is 17.7 Å². The van der Waals surface area contributed by atoms with Crippen molar-refractivity contribution in [3.63, 3.8) is 0 Å². The van der Waals surface area contributed by atoms with Crippen LogP contribution in [0.25, 0.3) is 0 Å². The van der Waals surface area contributed by atoms with Crippen LogP contribution in [0.2, 0.25) is 0 Å². The second kappa shape index (κ2) is 7.98. The maximum Gasteiger partial charge on any atom is 0.424 e. The Morgan fingerprint density at radius 2 is 2.04 bits per heavy atom. The first kappa shape index (κ1) is 21.8. The summed E-state index contributed by atoms with van der Waals surface area (Å²) in [4.78, 5) is 15.4. The third kappa shape index (κ3) is 5.90. The van der Waals surface area contributed by atoms with Crippen LogP contribution in [0.4, 0.5) is 13.2 Å². The van der Waals surface area contributed by atoms with Crippen molar-refractivity contribution in [3.8, 4) is 0 Å². The van der Waals surface area contributed by atoms with Gasteiger partial charge >= 0.3 is 6.18 Å². The number of carbonyl (C=O) groups is 1. The molecule has 0 aliphatic rings. The fourth-order valence-electron chi connectivity index (χ4n) is 1.83. The zero-order valence-corrected chi connectivity index (χ0v) is 15.6. The molecule has 0 aliphatic carbocycles. The summed E-state index contributed by atoms with van der Waals surface area (Å²) in [6, 6.07) is 0. The highest BCUT2D eigenvalue weighted by atomic mass is 32.2. The predicted molar refractivity (Wildman–Crippen MR) is 86.5 cm³/mol. The number of nitrogens with one attached hydrogen (secondary N) is 1. The normalized spacial score (nSPS) is 15.2. The first-order valence-corrected chi connectivity index (χ1v) is 9.90. The van der Waals surface area contributed by atoms with Crippen molar-refractivity contribution in [1.29, 1.82) is 0 Å². The van der Waals surface area contributed by atoms with E-state index in [0.29, 0.717) is 17.0 Å². The molecule has 0 radical (unpaired) electrons. The smallest absolute Gasteiger partial charge is 0.374 e. The van der Waals surface area contributed by atoms with Crippen LogP contribution in [-0.4, -0.2) is 61.3 Å². The highest BCUT2D eigenvalue weighted by molar-refractivity contribution is 7.88. The molecule has 1 aromatic rings. The molecule has 12 heteroatoms. The minimum absolute atomic E-state index is 0.0243. The van der Waals surface area contributed by atoms with Gasteiger partial charge in [0, 0.05) is 31.2 Å². The van der Waals surface area contributed by atoms with Crippen molar-refractivity contribution in [3.05, 3.63) is 16.1 Å². The summed E-state index contributed by atoms with van der Waals surface area (Å²) in [6.45, 7) is 1.56. The minimum Gasteiger partial charge on any atom is -0.374 e. The maximum atomic E-state index is 13.2. The Hall–Kier alpha value is -1.24. The lowest BCUT2D eigenvalue weighted by molar-refractivity contribution is -0.267. The molecule has 1 aromatic heterocycles. The summed E-state index contributed by atoms with van der Waals surface area (Å²) in [6.07, 6.45) is -5.04. The number of thiazole rings is 1. The van der Waals surface area contributed by atoms with Gasteiger partial charge in [0.2, 0.25) is 21.5 Å². The molecule has 7 nitrogen and oxygen atoms in total. The zero-order valence-electron chi connectivity index (χ0n) is 13.9. The lowest BCUT2D eigenvalue weighted by Gasteiger charge is -2.27. The van der Waals surface area contributed by atoms with Gasteiger partial charge in [0.15, 0.2) is 0 Å². The van der Waals surface area contributed by atoms with Crippen molar-refractivity contribution < 1.29 is 31.5 Å². The molecule has 0 saturated carbocycles. The molecule has 0 spiro atoms. The molecular weight excluding hydrogens is 383 g/mol. The molecule has 144 valence electrons.